The Morgan fingerprint density at radius 2 is 1.50 bits per heavy atom. The second-order valence-corrected chi connectivity index (χ2v) is 17.7. The van der Waals surface area contributed by atoms with Crippen molar-refractivity contribution >= 4 is 45.3 Å². The Morgan fingerprint density at radius 1 is 0.654 bits per heavy atom. The molecule has 4 aliphatic carbocycles. The van der Waals surface area contributed by atoms with Crippen LogP contribution in [0.5, 0.6) is 0 Å². The first kappa shape index (κ1) is 31.1. The van der Waals surface area contributed by atoms with E-state index in [1.54, 1.807) is 16.7 Å². The van der Waals surface area contributed by atoms with Crippen molar-refractivity contribution in [2.45, 2.75) is 57.4 Å². The first-order valence-electron chi connectivity index (χ1n) is 19.1. The van der Waals surface area contributed by atoms with Gasteiger partial charge in [-0.15, -0.1) is 11.8 Å². The first-order valence-corrected chi connectivity index (χ1v) is 20.9. The minimum Gasteiger partial charge on any atom is -0.333 e. The maximum Gasteiger partial charge on any atom is 0.0576 e. The van der Waals surface area contributed by atoms with Gasteiger partial charge in [-0.2, -0.15) is 0 Å². The maximum absolute atomic E-state index is 2.67. The molecule has 5 aromatic rings. The SMILES string of the molecule is C1=CCC(C2=CC=CC3SC4C=CCCC4C4(c5ccccc5Sc5ccc(-c6cccc7c8ccccc8n(C8C=CC=CC8)c67)cc54)C23)C=C1. The molecule has 1 spiro atoms. The summed E-state index contributed by atoms with van der Waals surface area (Å²) in [5, 5.41) is 3.57. The monoisotopic (exact) mass is 707 g/mol. The third kappa shape index (κ3) is 4.51. The number of benzene rings is 4. The van der Waals surface area contributed by atoms with Crippen molar-refractivity contribution in [3.63, 3.8) is 0 Å². The molecule has 254 valence electrons. The quantitative estimate of drug-likeness (QED) is 0.172. The van der Waals surface area contributed by atoms with Gasteiger partial charge >= 0.3 is 0 Å². The highest BCUT2D eigenvalue weighted by Crippen LogP contribution is 2.67. The second-order valence-electron chi connectivity index (χ2n) is 15.2. The fraction of sp³-hybridized carbons (Fsp3) is 0.224. The Kier molecular flexibility index (Phi) is 7.37. The fourth-order valence-corrected chi connectivity index (χ4v) is 13.8. The van der Waals surface area contributed by atoms with E-state index in [0.717, 1.165) is 19.3 Å². The van der Waals surface area contributed by atoms with Gasteiger partial charge in [-0.05, 0) is 72.6 Å². The summed E-state index contributed by atoms with van der Waals surface area (Å²) >= 11 is 4.22. The predicted octanol–water partition coefficient (Wildman–Crippen LogP) is 13.0. The van der Waals surface area contributed by atoms with E-state index in [0.29, 0.717) is 28.3 Å². The van der Waals surface area contributed by atoms with Crippen molar-refractivity contribution < 1.29 is 0 Å². The molecule has 7 atom stereocenters. The minimum absolute atomic E-state index is 0.151. The third-order valence-electron chi connectivity index (χ3n) is 12.8. The van der Waals surface area contributed by atoms with Crippen LogP contribution in [0.2, 0.25) is 0 Å². The molecular weight excluding hydrogens is 667 g/mol. The summed E-state index contributed by atoms with van der Waals surface area (Å²) in [5.74, 6) is 1.29. The topological polar surface area (TPSA) is 4.93 Å². The van der Waals surface area contributed by atoms with Crippen molar-refractivity contribution in [3.05, 3.63) is 181 Å². The Balaban J connectivity index is 1.19. The Hall–Kier alpha value is -4.44. The van der Waals surface area contributed by atoms with E-state index in [4.69, 9.17) is 0 Å². The van der Waals surface area contributed by atoms with Gasteiger partial charge in [0, 0.05) is 59.4 Å². The zero-order chi connectivity index (χ0) is 34.2. The highest BCUT2D eigenvalue weighted by molar-refractivity contribution is 8.01. The highest BCUT2D eigenvalue weighted by atomic mass is 32.2. The van der Waals surface area contributed by atoms with Gasteiger partial charge in [0.2, 0.25) is 0 Å². The maximum atomic E-state index is 2.67. The van der Waals surface area contributed by atoms with Crippen LogP contribution in [0.3, 0.4) is 0 Å². The number of aromatic nitrogens is 1. The molecule has 2 aliphatic heterocycles. The summed E-state index contributed by atoms with van der Waals surface area (Å²) in [6.45, 7) is 0. The Labute approximate surface area is 315 Å². The molecule has 0 radical (unpaired) electrons. The van der Waals surface area contributed by atoms with Crippen LogP contribution in [-0.2, 0) is 5.41 Å². The summed E-state index contributed by atoms with van der Waals surface area (Å²) in [4.78, 5) is 2.87. The molecule has 0 saturated carbocycles. The number of hydrogen-bond donors (Lipinski definition) is 0. The molecule has 7 unspecified atom stereocenters. The van der Waals surface area contributed by atoms with E-state index >= 15 is 0 Å². The second kappa shape index (κ2) is 12.3. The third-order valence-corrected chi connectivity index (χ3v) is 15.4. The molecule has 1 aromatic heterocycles. The molecule has 6 aliphatic rings. The van der Waals surface area contributed by atoms with Gasteiger partial charge in [0.05, 0.1) is 11.6 Å². The normalized spacial score (nSPS) is 29.6. The average Bonchev–Trinajstić information content (AvgIpc) is 3.56. The molecule has 3 heteroatoms. The van der Waals surface area contributed by atoms with Gasteiger partial charge in [-0.1, -0.05) is 157 Å². The number of thioether (sulfide) groups is 1. The van der Waals surface area contributed by atoms with Crippen LogP contribution >= 0.6 is 23.5 Å². The molecule has 1 nitrogen and oxygen atoms in total. The van der Waals surface area contributed by atoms with E-state index in [9.17, 15) is 0 Å². The smallest absolute Gasteiger partial charge is 0.0576 e. The Morgan fingerprint density at radius 3 is 2.40 bits per heavy atom. The lowest BCUT2D eigenvalue weighted by molar-refractivity contribution is 0.202. The van der Waals surface area contributed by atoms with Gasteiger partial charge in [0.25, 0.3) is 0 Å². The Bertz CT molecular complexity index is 2480. The zero-order valence-electron chi connectivity index (χ0n) is 29.1. The van der Waals surface area contributed by atoms with Crippen LogP contribution in [0.4, 0.5) is 0 Å². The molecular formula is C49H41NS2. The van der Waals surface area contributed by atoms with Gasteiger partial charge < -0.3 is 4.57 Å². The summed E-state index contributed by atoms with van der Waals surface area (Å²) in [7, 11) is 0. The summed E-state index contributed by atoms with van der Waals surface area (Å²) in [5.41, 5.74) is 9.89. The van der Waals surface area contributed by atoms with E-state index < -0.39 is 0 Å². The molecule has 52 heavy (non-hydrogen) atoms. The van der Waals surface area contributed by atoms with E-state index in [1.807, 2.05) is 11.8 Å². The lowest BCUT2D eigenvalue weighted by Crippen LogP contribution is -2.57. The van der Waals surface area contributed by atoms with Crippen LogP contribution in [0.1, 0.15) is 42.9 Å². The lowest BCUT2D eigenvalue weighted by Gasteiger charge is -2.60. The van der Waals surface area contributed by atoms with Crippen LogP contribution in [0.15, 0.2) is 179 Å². The van der Waals surface area contributed by atoms with Gasteiger partial charge in [-0.25, -0.2) is 0 Å². The fourth-order valence-electron chi connectivity index (χ4n) is 10.7. The van der Waals surface area contributed by atoms with Crippen LogP contribution < -0.4 is 0 Å². The first-order chi connectivity index (χ1) is 25.8. The van der Waals surface area contributed by atoms with Crippen LogP contribution in [-0.4, -0.2) is 15.1 Å². The number of nitrogens with zero attached hydrogens (tertiary/aromatic N) is 1. The number of rotatable bonds is 3. The van der Waals surface area contributed by atoms with Gasteiger partial charge in [-0.3, -0.25) is 0 Å². The molecule has 0 N–H and O–H groups in total. The number of para-hydroxylation sites is 2. The minimum atomic E-state index is -0.151. The van der Waals surface area contributed by atoms with Gasteiger partial charge in [0.1, 0.15) is 0 Å². The summed E-state index contributed by atoms with van der Waals surface area (Å²) in [6, 6.07) is 33.4. The molecule has 3 heterocycles. The molecule has 0 amide bonds. The molecule has 0 bridgehead atoms. The van der Waals surface area contributed by atoms with Crippen molar-refractivity contribution in [3.8, 4) is 11.1 Å². The van der Waals surface area contributed by atoms with Crippen LogP contribution in [0, 0.1) is 17.8 Å². The largest absolute Gasteiger partial charge is 0.333 e. The van der Waals surface area contributed by atoms with E-state index in [2.05, 4.69) is 180 Å². The average molecular weight is 708 g/mol. The standard InChI is InChI=1S/C49H41NS2/c1-3-15-32(16-4-1)35-20-14-28-46-47(35)49(40-24-9-12-27-44(40)52-46)39-23-8-11-26-43(39)51-45-30-29-33(31-41(45)49)36-21-13-22-38-37-19-7-10-25-42(37)50(48(36)38)34-17-5-2-6-18-34/h1-8,10-15,17,19-23,25-32,34,40,44,46-47H,9,16,18,24H2. The van der Waals surface area contributed by atoms with Crippen molar-refractivity contribution in [2.24, 2.45) is 17.8 Å². The van der Waals surface area contributed by atoms with Crippen LogP contribution in [0.25, 0.3) is 32.9 Å². The predicted molar refractivity (Wildman–Crippen MR) is 222 cm³/mol. The van der Waals surface area contributed by atoms with Crippen molar-refractivity contribution in [1.82, 2.24) is 4.57 Å². The van der Waals surface area contributed by atoms with E-state index in [1.165, 1.54) is 49.1 Å². The van der Waals surface area contributed by atoms with Gasteiger partial charge in [0.15, 0.2) is 0 Å². The molecule has 1 fully saturated rings. The van der Waals surface area contributed by atoms with Crippen molar-refractivity contribution in [1.29, 1.82) is 0 Å². The lowest BCUT2D eigenvalue weighted by atomic mass is 9.51. The number of fused-ring (bicyclic) bond motifs is 11. The zero-order valence-corrected chi connectivity index (χ0v) is 30.8. The van der Waals surface area contributed by atoms with E-state index in [-0.39, 0.29) is 11.5 Å². The molecule has 11 rings (SSSR count). The summed E-state index contributed by atoms with van der Waals surface area (Å²) < 4.78 is 2.63. The molecule has 1 saturated heterocycles. The number of hydrogen-bond acceptors (Lipinski definition) is 2. The summed E-state index contributed by atoms with van der Waals surface area (Å²) in [6.07, 6.45) is 35.4. The van der Waals surface area contributed by atoms with Crippen molar-refractivity contribution in [2.75, 3.05) is 0 Å². The molecule has 4 aromatic carbocycles. The highest BCUT2D eigenvalue weighted by Gasteiger charge is 2.60. The number of allylic oxidation sites excluding steroid dienone is 12.